The summed E-state index contributed by atoms with van der Waals surface area (Å²) in [5.74, 6) is 1.08. The molecule has 1 heterocycles. The number of rotatable bonds is 8. The Morgan fingerprint density at radius 2 is 1.75 bits per heavy atom. The molecule has 0 radical (unpaired) electrons. The molecule has 0 unspecified atom stereocenters. The third kappa shape index (κ3) is 5.86. The lowest BCUT2D eigenvalue weighted by atomic mass is 9.97. The molecule has 0 aliphatic heterocycles. The van der Waals surface area contributed by atoms with Crippen molar-refractivity contribution in [1.82, 2.24) is 4.98 Å². The van der Waals surface area contributed by atoms with Gasteiger partial charge >= 0.3 is 0 Å². The van der Waals surface area contributed by atoms with E-state index in [0.29, 0.717) is 40.9 Å². The van der Waals surface area contributed by atoms with Crippen molar-refractivity contribution in [3.8, 4) is 29.0 Å². The Hall–Kier alpha value is -2.78. The number of nitrogens with zero attached hydrogens (tertiary/aromatic N) is 3. The number of benzene rings is 1. The average molecular weight is 401 g/mol. The SMILES string of the molecule is CC.COCCOc1ccc(-c2c(C#N)c(N)nc(SCCO)c2C#N)cc1. The molecule has 0 atom stereocenters. The Balaban J connectivity index is 0.00000190. The predicted molar refractivity (Wildman–Crippen MR) is 110 cm³/mol. The van der Waals surface area contributed by atoms with Gasteiger partial charge < -0.3 is 20.3 Å². The number of hydrogen-bond donors (Lipinski definition) is 2. The minimum atomic E-state index is -0.0556. The highest BCUT2D eigenvalue weighted by atomic mass is 32.2. The molecule has 0 aliphatic rings. The zero-order chi connectivity index (χ0) is 20.9. The Morgan fingerprint density at radius 3 is 2.29 bits per heavy atom. The first kappa shape index (κ1) is 23.3. The van der Waals surface area contributed by atoms with E-state index in [1.165, 1.54) is 11.8 Å². The maximum absolute atomic E-state index is 9.61. The van der Waals surface area contributed by atoms with Gasteiger partial charge in [-0.15, -0.1) is 11.8 Å². The van der Waals surface area contributed by atoms with Gasteiger partial charge in [-0.3, -0.25) is 0 Å². The molecule has 0 amide bonds. The number of nitrogens with two attached hydrogens (primary N) is 1. The lowest BCUT2D eigenvalue weighted by Gasteiger charge is -2.13. The molecule has 2 rings (SSSR count). The Kier molecular flexibility index (Phi) is 10.4. The molecule has 3 N–H and O–H groups in total. The molecular weight excluding hydrogens is 376 g/mol. The molecule has 28 heavy (non-hydrogen) atoms. The van der Waals surface area contributed by atoms with Crippen molar-refractivity contribution in [2.24, 2.45) is 0 Å². The van der Waals surface area contributed by atoms with Crippen LogP contribution in [0.15, 0.2) is 29.3 Å². The van der Waals surface area contributed by atoms with Crippen LogP contribution in [-0.2, 0) is 4.74 Å². The number of nitriles is 2. The van der Waals surface area contributed by atoms with E-state index in [4.69, 9.17) is 20.3 Å². The first-order chi connectivity index (χ1) is 13.7. The largest absolute Gasteiger partial charge is 0.491 e. The van der Waals surface area contributed by atoms with Gasteiger partial charge in [-0.2, -0.15) is 10.5 Å². The third-order valence-electron chi connectivity index (χ3n) is 3.44. The van der Waals surface area contributed by atoms with Crippen molar-refractivity contribution < 1.29 is 14.6 Å². The summed E-state index contributed by atoms with van der Waals surface area (Å²) in [6.45, 7) is 4.85. The van der Waals surface area contributed by atoms with Gasteiger partial charge in [0.2, 0.25) is 0 Å². The molecule has 8 heteroatoms. The van der Waals surface area contributed by atoms with Crippen LogP contribution < -0.4 is 10.5 Å². The van der Waals surface area contributed by atoms with Gasteiger partial charge in [0.25, 0.3) is 0 Å². The van der Waals surface area contributed by atoms with E-state index in [0.717, 1.165) is 0 Å². The van der Waals surface area contributed by atoms with Crippen LogP contribution in [-0.4, -0.2) is 42.8 Å². The lowest BCUT2D eigenvalue weighted by Crippen LogP contribution is -2.05. The number of methoxy groups -OCH3 is 1. The van der Waals surface area contributed by atoms with Gasteiger partial charge in [-0.05, 0) is 17.7 Å². The van der Waals surface area contributed by atoms with Gasteiger partial charge in [0, 0.05) is 18.4 Å². The van der Waals surface area contributed by atoms with Crippen LogP contribution in [0, 0.1) is 22.7 Å². The molecule has 0 fully saturated rings. The number of pyridine rings is 1. The van der Waals surface area contributed by atoms with Crippen molar-refractivity contribution >= 4 is 17.6 Å². The van der Waals surface area contributed by atoms with Gasteiger partial charge in [0.05, 0.1) is 18.8 Å². The topological polar surface area (TPSA) is 125 Å². The molecule has 1 aromatic heterocycles. The van der Waals surface area contributed by atoms with Crippen LogP contribution in [0.1, 0.15) is 25.0 Å². The summed E-state index contributed by atoms with van der Waals surface area (Å²) in [7, 11) is 1.60. The van der Waals surface area contributed by atoms with Crippen molar-refractivity contribution in [3.05, 3.63) is 35.4 Å². The summed E-state index contributed by atoms with van der Waals surface area (Å²) in [6, 6.07) is 11.2. The maximum atomic E-state index is 9.61. The van der Waals surface area contributed by atoms with Crippen LogP contribution >= 0.6 is 11.8 Å². The Labute approximate surface area is 169 Å². The smallest absolute Gasteiger partial charge is 0.143 e. The number of aliphatic hydroxyl groups is 1. The minimum Gasteiger partial charge on any atom is -0.491 e. The average Bonchev–Trinajstić information content (AvgIpc) is 2.74. The number of nitrogen functional groups attached to an aromatic ring is 1. The fraction of sp³-hybridized carbons (Fsp3) is 0.350. The van der Waals surface area contributed by atoms with Gasteiger partial charge in [0.1, 0.15) is 40.9 Å². The molecule has 0 spiro atoms. The maximum Gasteiger partial charge on any atom is 0.143 e. The van der Waals surface area contributed by atoms with Crippen molar-refractivity contribution in [2.75, 3.05) is 38.4 Å². The first-order valence-corrected chi connectivity index (χ1v) is 9.74. The molecule has 0 aliphatic carbocycles. The van der Waals surface area contributed by atoms with Gasteiger partial charge in [-0.1, -0.05) is 26.0 Å². The zero-order valence-corrected chi connectivity index (χ0v) is 17.0. The van der Waals surface area contributed by atoms with Crippen molar-refractivity contribution in [1.29, 1.82) is 10.5 Å². The second-order valence-electron chi connectivity index (χ2n) is 5.09. The highest BCUT2D eigenvalue weighted by Gasteiger charge is 2.20. The van der Waals surface area contributed by atoms with Crippen molar-refractivity contribution in [2.45, 2.75) is 18.9 Å². The Morgan fingerprint density at radius 1 is 1.11 bits per heavy atom. The molecule has 0 saturated carbocycles. The summed E-state index contributed by atoms with van der Waals surface area (Å²) >= 11 is 1.22. The third-order valence-corrected chi connectivity index (χ3v) is 4.40. The van der Waals surface area contributed by atoms with E-state index in [9.17, 15) is 10.5 Å². The van der Waals surface area contributed by atoms with Gasteiger partial charge in [-0.25, -0.2) is 4.98 Å². The first-order valence-electron chi connectivity index (χ1n) is 8.75. The van der Waals surface area contributed by atoms with Crippen molar-refractivity contribution in [3.63, 3.8) is 0 Å². The number of ether oxygens (including phenoxy) is 2. The van der Waals surface area contributed by atoms with E-state index in [-0.39, 0.29) is 23.6 Å². The van der Waals surface area contributed by atoms with Gasteiger partial charge in [0.15, 0.2) is 0 Å². The number of thioether (sulfide) groups is 1. The van der Waals surface area contributed by atoms with E-state index in [1.807, 2.05) is 19.9 Å². The molecule has 148 valence electrons. The molecule has 1 aromatic carbocycles. The predicted octanol–water partition coefficient (Wildman–Crippen LogP) is 3.21. The molecular formula is C20H24N4O3S. The highest BCUT2D eigenvalue weighted by molar-refractivity contribution is 7.99. The summed E-state index contributed by atoms with van der Waals surface area (Å²) in [5.41, 5.74) is 7.44. The summed E-state index contributed by atoms with van der Waals surface area (Å²) < 4.78 is 10.5. The lowest BCUT2D eigenvalue weighted by molar-refractivity contribution is 0.146. The normalized spacial score (nSPS) is 9.64. The number of anilines is 1. The van der Waals surface area contributed by atoms with Crippen LogP contribution in [0.2, 0.25) is 0 Å². The second kappa shape index (κ2) is 12.6. The molecule has 2 aromatic rings. The molecule has 7 nitrogen and oxygen atoms in total. The number of aliphatic hydroxyl groups excluding tert-OH is 1. The van der Waals surface area contributed by atoms with Crippen LogP contribution in [0.25, 0.3) is 11.1 Å². The van der Waals surface area contributed by atoms with E-state index in [1.54, 1.807) is 31.4 Å². The van der Waals surface area contributed by atoms with Crippen LogP contribution in [0.3, 0.4) is 0 Å². The summed E-state index contributed by atoms with van der Waals surface area (Å²) in [4.78, 5) is 4.15. The van der Waals surface area contributed by atoms with E-state index >= 15 is 0 Å². The minimum absolute atomic E-state index is 0.0556. The number of hydrogen-bond acceptors (Lipinski definition) is 8. The fourth-order valence-corrected chi connectivity index (χ4v) is 3.03. The van der Waals surface area contributed by atoms with Crippen LogP contribution in [0.5, 0.6) is 5.75 Å². The van der Waals surface area contributed by atoms with Crippen LogP contribution in [0.4, 0.5) is 5.82 Å². The summed E-state index contributed by atoms with van der Waals surface area (Å²) in [6.07, 6.45) is 0. The van der Waals surface area contributed by atoms with E-state index < -0.39 is 0 Å². The summed E-state index contributed by atoms with van der Waals surface area (Å²) in [5, 5.41) is 28.5. The molecule has 0 saturated heterocycles. The monoisotopic (exact) mass is 400 g/mol. The Bertz CT molecular complexity index is 843. The fourth-order valence-electron chi connectivity index (χ4n) is 2.29. The zero-order valence-electron chi connectivity index (χ0n) is 16.2. The molecule has 0 bridgehead atoms. The highest BCUT2D eigenvalue weighted by Crippen LogP contribution is 2.36. The van der Waals surface area contributed by atoms with E-state index in [2.05, 4.69) is 11.1 Å². The standard InChI is InChI=1S/C18H18N4O3S.C2H6/c1-24-7-8-25-13-4-2-12(3-5-13)16-14(10-19)17(21)22-18(15(16)11-20)26-9-6-23;1-2/h2-5,23H,6-9H2,1H3,(H2,21,22);1-2H3. The number of aromatic nitrogens is 1. The second-order valence-corrected chi connectivity index (χ2v) is 6.17. The quantitative estimate of drug-likeness (QED) is 0.511.